The van der Waals surface area contributed by atoms with E-state index in [4.69, 9.17) is 16.3 Å². The lowest BCUT2D eigenvalue weighted by atomic mass is 10.3. The molecule has 0 amide bonds. The number of nitrogens with zero attached hydrogens (tertiary/aromatic N) is 4. The normalized spacial score (nSPS) is 9.93. The lowest BCUT2D eigenvalue weighted by Crippen LogP contribution is -1.98. The highest BCUT2D eigenvalue weighted by atomic mass is 35.5. The SMILES string of the molecule is CCC.CCOc1nc(C)nc2[nH]c(CC)c(Cl)c12.Cc1ccc(C)nn1. The number of aromatic nitrogens is 5. The Balaban J connectivity index is 0.000000277. The summed E-state index contributed by atoms with van der Waals surface area (Å²) in [6.07, 6.45) is 2.08. The van der Waals surface area contributed by atoms with Crippen LogP contribution in [0.1, 0.15) is 57.0 Å². The zero-order valence-electron chi connectivity index (χ0n) is 17.4. The molecule has 3 aromatic heterocycles. The third-order valence-electron chi connectivity index (χ3n) is 3.31. The number of rotatable bonds is 3. The number of halogens is 1. The molecule has 0 unspecified atom stereocenters. The first-order valence-corrected chi connectivity index (χ1v) is 9.69. The summed E-state index contributed by atoms with van der Waals surface area (Å²) < 4.78 is 5.48. The van der Waals surface area contributed by atoms with Crippen LogP contribution < -0.4 is 4.74 Å². The zero-order chi connectivity index (χ0) is 20.4. The largest absolute Gasteiger partial charge is 0.477 e. The van der Waals surface area contributed by atoms with Gasteiger partial charge in [-0.15, -0.1) is 0 Å². The van der Waals surface area contributed by atoms with Gasteiger partial charge in [-0.3, -0.25) is 0 Å². The van der Waals surface area contributed by atoms with Gasteiger partial charge in [-0.1, -0.05) is 38.8 Å². The van der Waals surface area contributed by atoms with Crippen LogP contribution in [0.15, 0.2) is 12.1 Å². The molecular weight excluding hydrogens is 362 g/mol. The molecule has 0 spiro atoms. The summed E-state index contributed by atoms with van der Waals surface area (Å²) in [6, 6.07) is 3.89. The molecule has 0 aliphatic rings. The van der Waals surface area contributed by atoms with Crippen molar-refractivity contribution in [2.75, 3.05) is 6.61 Å². The summed E-state index contributed by atoms with van der Waals surface area (Å²) in [6.45, 7) is 14.5. The predicted molar refractivity (Wildman–Crippen MR) is 112 cm³/mol. The molecule has 0 bridgehead atoms. The van der Waals surface area contributed by atoms with Gasteiger partial charge in [0.05, 0.1) is 28.4 Å². The van der Waals surface area contributed by atoms with Crippen molar-refractivity contribution in [3.05, 3.63) is 40.1 Å². The molecule has 7 heteroatoms. The molecule has 0 saturated carbocycles. The van der Waals surface area contributed by atoms with E-state index in [9.17, 15) is 0 Å². The standard InChI is InChI=1S/C11H14ClN3O.C6H8N2.C3H8/c1-4-7-9(12)8-10(15-7)13-6(3)14-11(8)16-5-2;1-5-3-4-6(2)8-7-5;1-3-2/h4-5H2,1-3H3,(H,13,14,15);3-4H,1-2H3;3H2,1-2H3. The molecule has 27 heavy (non-hydrogen) atoms. The van der Waals surface area contributed by atoms with E-state index < -0.39 is 0 Å². The Labute approximate surface area is 166 Å². The second-order valence-electron chi connectivity index (χ2n) is 6.03. The van der Waals surface area contributed by atoms with E-state index in [2.05, 4.69) is 39.0 Å². The molecule has 3 aromatic rings. The number of H-pyrrole nitrogens is 1. The molecule has 148 valence electrons. The Morgan fingerprint density at radius 2 is 1.52 bits per heavy atom. The van der Waals surface area contributed by atoms with Crippen molar-refractivity contribution in [1.29, 1.82) is 0 Å². The van der Waals surface area contributed by atoms with Gasteiger partial charge in [0, 0.05) is 5.69 Å². The van der Waals surface area contributed by atoms with E-state index in [0.29, 0.717) is 23.3 Å². The molecule has 0 fully saturated rings. The summed E-state index contributed by atoms with van der Waals surface area (Å²) in [5.74, 6) is 1.24. The summed E-state index contributed by atoms with van der Waals surface area (Å²) in [5.41, 5.74) is 3.65. The Kier molecular flexibility index (Phi) is 9.72. The van der Waals surface area contributed by atoms with Gasteiger partial charge >= 0.3 is 0 Å². The van der Waals surface area contributed by atoms with Crippen LogP contribution in [0.4, 0.5) is 0 Å². The molecule has 3 heterocycles. The fourth-order valence-corrected chi connectivity index (χ4v) is 2.49. The van der Waals surface area contributed by atoms with Gasteiger partial charge in [-0.2, -0.15) is 15.2 Å². The minimum Gasteiger partial charge on any atom is -0.477 e. The van der Waals surface area contributed by atoms with Gasteiger partial charge in [-0.25, -0.2) is 4.98 Å². The number of ether oxygens (including phenoxy) is 1. The maximum absolute atomic E-state index is 6.26. The highest BCUT2D eigenvalue weighted by Gasteiger charge is 2.16. The highest BCUT2D eigenvalue weighted by Crippen LogP contribution is 2.32. The number of hydrogen-bond acceptors (Lipinski definition) is 5. The second-order valence-corrected chi connectivity index (χ2v) is 6.40. The fraction of sp³-hybridized carbons (Fsp3) is 0.500. The Morgan fingerprint density at radius 1 is 0.963 bits per heavy atom. The van der Waals surface area contributed by atoms with E-state index in [-0.39, 0.29) is 0 Å². The van der Waals surface area contributed by atoms with E-state index >= 15 is 0 Å². The lowest BCUT2D eigenvalue weighted by Gasteiger charge is -2.04. The van der Waals surface area contributed by atoms with Gasteiger partial charge in [0.1, 0.15) is 11.5 Å². The van der Waals surface area contributed by atoms with Crippen molar-refractivity contribution in [3.63, 3.8) is 0 Å². The highest BCUT2D eigenvalue weighted by molar-refractivity contribution is 6.36. The molecule has 0 saturated heterocycles. The van der Waals surface area contributed by atoms with Crippen LogP contribution in [0, 0.1) is 20.8 Å². The monoisotopic (exact) mass is 391 g/mol. The second kappa shape index (κ2) is 11.5. The molecular formula is C20H30ClN5O. The van der Waals surface area contributed by atoms with E-state index in [0.717, 1.165) is 34.5 Å². The van der Waals surface area contributed by atoms with Crippen molar-refractivity contribution >= 4 is 22.6 Å². The minimum absolute atomic E-state index is 0.561. The fourth-order valence-electron chi connectivity index (χ4n) is 2.13. The number of aryl methyl sites for hydroxylation is 4. The van der Waals surface area contributed by atoms with Crippen LogP contribution in [-0.2, 0) is 6.42 Å². The van der Waals surface area contributed by atoms with E-state index in [1.165, 1.54) is 6.42 Å². The van der Waals surface area contributed by atoms with Crippen LogP contribution in [0.5, 0.6) is 5.88 Å². The quantitative estimate of drug-likeness (QED) is 0.647. The Morgan fingerprint density at radius 3 is 1.96 bits per heavy atom. The Hall–Kier alpha value is -2.21. The first kappa shape index (κ1) is 22.8. The van der Waals surface area contributed by atoms with Gasteiger partial charge in [0.2, 0.25) is 5.88 Å². The average Bonchev–Trinajstić information content (AvgIpc) is 2.95. The van der Waals surface area contributed by atoms with Gasteiger partial charge in [0.15, 0.2) is 0 Å². The van der Waals surface area contributed by atoms with Gasteiger partial charge in [-0.05, 0) is 46.2 Å². The van der Waals surface area contributed by atoms with E-state index in [1.807, 2.05) is 46.8 Å². The zero-order valence-corrected chi connectivity index (χ0v) is 18.1. The molecule has 0 atom stereocenters. The number of hydrogen-bond donors (Lipinski definition) is 1. The van der Waals surface area contributed by atoms with Crippen molar-refractivity contribution in [3.8, 4) is 5.88 Å². The van der Waals surface area contributed by atoms with Crippen LogP contribution in [0.3, 0.4) is 0 Å². The summed E-state index contributed by atoms with van der Waals surface area (Å²) in [7, 11) is 0. The van der Waals surface area contributed by atoms with Gasteiger partial charge in [0.25, 0.3) is 0 Å². The van der Waals surface area contributed by atoms with Crippen LogP contribution in [0.25, 0.3) is 11.0 Å². The first-order chi connectivity index (χ1) is 12.9. The molecule has 0 aliphatic carbocycles. The molecule has 0 aromatic carbocycles. The third-order valence-corrected chi connectivity index (χ3v) is 3.72. The van der Waals surface area contributed by atoms with Crippen LogP contribution in [-0.4, -0.2) is 31.8 Å². The average molecular weight is 392 g/mol. The van der Waals surface area contributed by atoms with Crippen molar-refractivity contribution in [1.82, 2.24) is 25.1 Å². The molecule has 6 nitrogen and oxygen atoms in total. The van der Waals surface area contributed by atoms with Crippen molar-refractivity contribution in [2.45, 2.75) is 61.3 Å². The number of aromatic amines is 1. The maximum Gasteiger partial charge on any atom is 0.227 e. The number of fused-ring (bicyclic) bond motifs is 1. The molecule has 0 radical (unpaired) electrons. The van der Waals surface area contributed by atoms with E-state index in [1.54, 1.807) is 0 Å². The number of nitrogens with one attached hydrogen (secondary N) is 1. The first-order valence-electron chi connectivity index (χ1n) is 9.32. The topological polar surface area (TPSA) is 76.6 Å². The minimum atomic E-state index is 0.561. The smallest absolute Gasteiger partial charge is 0.227 e. The van der Waals surface area contributed by atoms with Crippen LogP contribution in [0.2, 0.25) is 5.02 Å². The Bertz CT molecular complexity index is 809. The summed E-state index contributed by atoms with van der Waals surface area (Å²) >= 11 is 6.26. The third kappa shape index (κ3) is 6.79. The van der Waals surface area contributed by atoms with Gasteiger partial charge < -0.3 is 9.72 Å². The van der Waals surface area contributed by atoms with Crippen molar-refractivity contribution < 1.29 is 4.74 Å². The molecule has 1 N–H and O–H groups in total. The predicted octanol–water partition coefficient (Wildman–Crippen LogP) is 5.39. The molecule has 3 rings (SSSR count). The van der Waals surface area contributed by atoms with Crippen LogP contribution >= 0.6 is 11.6 Å². The summed E-state index contributed by atoms with van der Waals surface area (Å²) in [5, 5.41) is 9.11. The molecule has 0 aliphatic heterocycles. The lowest BCUT2D eigenvalue weighted by molar-refractivity contribution is 0.330. The van der Waals surface area contributed by atoms with Crippen molar-refractivity contribution in [2.24, 2.45) is 0 Å². The summed E-state index contributed by atoms with van der Waals surface area (Å²) in [4.78, 5) is 11.8. The maximum atomic E-state index is 6.26.